The number of carbonyl (C=O) groups excluding carboxylic acids is 1. The summed E-state index contributed by atoms with van der Waals surface area (Å²) in [6.45, 7) is 3.62. The molecule has 0 radical (unpaired) electrons. The van der Waals surface area contributed by atoms with Crippen LogP contribution in [0.2, 0.25) is 0 Å². The van der Waals surface area contributed by atoms with Crippen LogP contribution in [-0.2, 0) is 11.2 Å². The lowest BCUT2D eigenvalue weighted by molar-refractivity contribution is -0.119. The van der Waals surface area contributed by atoms with Crippen molar-refractivity contribution in [2.75, 3.05) is 19.0 Å². The standard InChI is InChI=1S/C20H26N4O/c1-13-6-5-7-16(10-13)18(21-14(2)25)11-17-12-19(24(3)4)23-20(22-17)15-8-9-15/h5-7,10,12,15,18H,8-9,11H2,1-4H3,(H,21,25)/t18-/m0/s1. The Bertz CT molecular complexity index is 748. The van der Waals surface area contributed by atoms with Crippen molar-refractivity contribution in [2.24, 2.45) is 0 Å². The molecular weight excluding hydrogens is 312 g/mol. The molecular formula is C20H26N4O. The maximum absolute atomic E-state index is 11.7. The van der Waals surface area contributed by atoms with Crippen LogP contribution in [0.4, 0.5) is 5.82 Å². The number of hydrogen-bond donors (Lipinski definition) is 1. The molecule has 0 bridgehead atoms. The summed E-state index contributed by atoms with van der Waals surface area (Å²) in [7, 11) is 3.99. The van der Waals surface area contributed by atoms with E-state index in [-0.39, 0.29) is 11.9 Å². The highest BCUT2D eigenvalue weighted by Gasteiger charge is 2.28. The molecule has 1 aliphatic rings. The molecule has 2 aromatic rings. The highest BCUT2D eigenvalue weighted by Crippen LogP contribution is 2.38. The second-order valence-corrected chi connectivity index (χ2v) is 7.12. The molecule has 0 spiro atoms. The number of anilines is 1. The molecule has 5 heteroatoms. The lowest BCUT2D eigenvalue weighted by Crippen LogP contribution is -2.28. The van der Waals surface area contributed by atoms with Gasteiger partial charge in [-0.15, -0.1) is 0 Å². The van der Waals surface area contributed by atoms with Gasteiger partial charge < -0.3 is 10.2 Å². The van der Waals surface area contributed by atoms with Gasteiger partial charge in [0.25, 0.3) is 0 Å². The Hall–Kier alpha value is -2.43. The van der Waals surface area contributed by atoms with E-state index in [0.717, 1.165) is 22.9 Å². The van der Waals surface area contributed by atoms with Crippen LogP contribution in [-0.4, -0.2) is 30.0 Å². The Morgan fingerprint density at radius 2 is 2.04 bits per heavy atom. The quantitative estimate of drug-likeness (QED) is 0.879. The van der Waals surface area contributed by atoms with Crippen molar-refractivity contribution in [3.05, 3.63) is 53.0 Å². The second kappa shape index (κ2) is 7.21. The van der Waals surface area contributed by atoms with E-state index in [1.54, 1.807) is 6.92 Å². The number of rotatable bonds is 6. The average Bonchev–Trinajstić information content (AvgIpc) is 3.38. The van der Waals surface area contributed by atoms with Crippen molar-refractivity contribution >= 4 is 11.7 Å². The molecule has 0 unspecified atom stereocenters. The number of hydrogen-bond acceptors (Lipinski definition) is 4. The number of benzene rings is 1. The molecule has 1 aliphatic carbocycles. The third-order valence-corrected chi connectivity index (χ3v) is 4.42. The molecule has 1 saturated carbocycles. The monoisotopic (exact) mass is 338 g/mol. The van der Waals surface area contributed by atoms with E-state index in [9.17, 15) is 4.79 Å². The highest BCUT2D eigenvalue weighted by molar-refractivity contribution is 5.73. The molecule has 1 amide bonds. The molecule has 5 nitrogen and oxygen atoms in total. The van der Waals surface area contributed by atoms with E-state index in [2.05, 4.69) is 35.4 Å². The third kappa shape index (κ3) is 4.56. The number of carbonyl (C=O) groups is 1. The number of nitrogens with one attached hydrogen (secondary N) is 1. The summed E-state index contributed by atoms with van der Waals surface area (Å²) in [5.74, 6) is 2.33. The molecule has 132 valence electrons. The van der Waals surface area contributed by atoms with E-state index in [4.69, 9.17) is 4.98 Å². The summed E-state index contributed by atoms with van der Waals surface area (Å²) in [6, 6.07) is 10.2. The summed E-state index contributed by atoms with van der Waals surface area (Å²) in [6.07, 6.45) is 3.00. The molecule has 25 heavy (non-hydrogen) atoms. The first-order valence-electron chi connectivity index (χ1n) is 8.81. The predicted octanol–water partition coefficient (Wildman–Crippen LogP) is 3.15. The maximum Gasteiger partial charge on any atom is 0.217 e. The molecule has 1 aromatic heterocycles. The minimum Gasteiger partial charge on any atom is -0.363 e. The van der Waals surface area contributed by atoms with E-state index >= 15 is 0 Å². The van der Waals surface area contributed by atoms with Gasteiger partial charge in [-0.1, -0.05) is 29.8 Å². The Kier molecular flexibility index (Phi) is 5.02. The Balaban J connectivity index is 1.91. The van der Waals surface area contributed by atoms with Crippen LogP contribution in [0.15, 0.2) is 30.3 Å². The summed E-state index contributed by atoms with van der Waals surface area (Å²) < 4.78 is 0. The van der Waals surface area contributed by atoms with Crippen LogP contribution >= 0.6 is 0 Å². The third-order valence-electron chi connectivity index (χ3n) is 4.42. The zero-order valence-corrected chi connectivity index (χ0v) is 15.4. The van der Waals surface area contributed by atoms with Gasteiger partial charge in [0.2, 0.25) is 5.91 Å². The van der Waals surface area contributed by atoms with Crippen molar-refractivity contribution in [3.8, 4) is 0 Å². The fourth-order valence-corrected chi connectivity index (χ4v) is 2.95. The zero-order valence-electron chi connectivity index (χ0n) is 15.4. The van der Waals surface area contributed by atoms with E-state index in [1.807, 2.05) is 31.1 Å². The highest BCUT2D eigenvalue weighted by atomic mass is 16.1. The largest absolute Gasteiger partial charge is 0.363 e. The first-order valence-corrected chi connectivity index (χ1v) is 8.81. The first-order chi connectivity index (χ1) is 11.9. The molecule has 3 rings (SSSR count). The molecule has 0 saturated heterocycles. The fraction of sp³-hybridized carbons (Fsp3) is 0.450. The van der Waals surface area contributed by atoms with Crippen LogP contribution in [0.1, 0.15) is 54.4 Å². The van der Waals surface area contributed by atoms with Crippen LogP contribution < -0.4 is 10.2 Å². The molecule has 1 fully saturated rings. The van der Waals surface area contributed by atoms with Crippen LogP contribution in [0.5, 0.6) is 0 Å². The van der Waals surface area contributed by atoms with Crippen LogP contribution in [0.3, 0.4) is 0 Å². The van der Waals surface area contributed by atoms with Gasteiger partial charge in [-0.2, -0.15) is 0 Å². The van der Waals surface area contributed by atoms with Gasteiger partial charge in [0.05, 0.1) is 6.04 Å². The summed E-state index contributed by atoms with van der Waals surface area (Å²) in [5, 5.41) is 3.07. The van der Waals surface area contributed by atoms with Crippen LogP contribution in [0, 0.1) is 6.92 Å². The van der Waals surface area contributed by atoms with E-state index in [1.165, 1.54) is 18.4 Å². The molecule has 1 aromatic carbocycles. The number of aromatic nitrogens is 2. The van der Waals surface area contributed by atoms with Crippen molar-refractivity contribution in [3.63, 3.8) is 0 Å². The summed E-state index contributed by atoms with van der Waals surface area (Å²) in [4.78, 5) is 23.2. The van der Waals surface area contributed by atoms with Gasteiger partial charge in [-0.25, -0.2) is 9.97 Å². The van der Waals surface area contributed by atoms with Gasteiger partial charge in [0.15, 0.2) is 0 Å². The first kappa shape index (κ1) is 17.4. The lowest BCUT2D eigenvalue weighted by atomic mass is 9.99. The molecule has 0 aliphatic heterocycles. The average molecular weight is 338 g/mol. The zero-order chi connectivity index (χ0) is 18.0. The van der Waals surface area contributed by atoms with Gasteiger partial charge in [0.1, 0.15) is 11.6 Å². The maximum atomic E-state index is 11.7. The Morgan fingerprint density at radius 1 is 1.28 bits per heavy atom. The molecule has 1 atom stereocenters. The van der Waals surface area contributed by atoms with Crippen molar-refractivity contribution in [1.82, 2.24) is 15.3 Å². The smallest absolute Gasteiger partial charge is 0.217 e. The van der Waals surface area contributed by atoms with E-state index < -0.39 is 0 Å². The minimum absolute atomic E-state index is 0.0317. The molecule has 1 N–H and O–H groups in total. The molecule has 1 heterocycles. The predicted molar refractivity (Wildman–Crippen MR) is 99.8 cm³/mol. The van der Waals surface area contributed by atoms with E-state index in [0.29, 0.717) is 12.3 Å². The topological polar surface area (TPSA) is 58.1 Å². The Morgan fingerprint density at radius 3 is 2.64 bits per heavy atom. The van der Waals surface area contributed by atoms with Gasteiger partial charge >= 0.3 is 0 Å². The fourth-order valence-electron chi connectivity index (χ4n) is 2.95. The SMILES string of the molecule is CC(=O)N[C@@H](Cc1cc(N(C)C)nc(C2CC2)n1)c1cccc(C)c1. The summed E-state index contributed by atoms with van der Waals surface area (Å²) in [5.41, 5.74) is 3.26. The normalized spacial score (nSPS) is 14.9. The van der Waals surface area contributed by atoms with Gasteiger partial charge in [-0.05, 0) is 25.3 Å². The lowest BCUT2D eigenvalue weighted by Gasteiger charge is -2.20. The van der Waals surface area contributed by atoms with Crippen molar-refractivity contribution in [1.29, 1.82) is 0 Å². The van der Waals surface area contributed by atoms with Gasteiger partial charge in [-0.3, -0.25) is 4.79 Å². The summed E-state index contributed by atoms with van der Waals surface area (Å²) >= 11 is 0. The van der Waals surface area contributed by atoms with Crippen LogP contribution in [0.25, 0.3) is 0 Å². The number of aryl methyl sites for hydroxylation is 1. The minimum atomic E-state index is -0.0886. The van der Waals surface area contributed by atoms with Gasteiger partial charge in [0, 0.05) is 45.1 Å². The second-order valence-electron chi connectivity index (χ2n) is 7.12. The number of nitrogens with zero attached hydrogens (tertiary/aromatic N) is 3. The Labute approximate surface area is 149 Å². The number of amides is 1. The van der Waals surface area contributed by atoms with Crippen molar-refractivity contribution in [2.45, 2.75) is 45.1 Å². The van der Waals surface area contributed by atoms with Crippen molar-refractivity contribution < 1.29 is 4.79 Å².